The van der Waals surface area contributed by atoms with E-state index >= 15 is 0 Å². The van der Waals surface area contributed by atoms with E-state index in [1.165, 1.54) is 0 Å². The Balaban J connectivity index is 1.44. The highest BCUT2D eigenvalue weighted by Crippen LogP contribution is 2.51. The summed E-state index contributed by atoms with van der Waals surface area (Å²) in [6.45, 7) is 2.74. The zero-order valence-electron chi connectivity index (χ0n) is 15.5. The zero-order chi connectivity index (χ0) is 19.3. The van der Waals surface area contributed by atoms with Crippen LogP contribution < -0.4 is 16.8 Å². The minimum absolute atomic E-state index is 0.216. The topological polar surface area (TPSA) is 117 Å². The molecule has 1 aliphatic carbocycles. The van der Waals surface area contributed by atoms with Gasteiger partial charge in [0.05, 0.1) is 18.8 Å². The monoisotopic (exact) mass is 377 g/mol. The van der Waals surface area contributed by atoms with Gasteiger partial charge in [-0.05, 0) is 23.8 Å². The third kappa shape index (κ3) is 2.68. The van der Waals surface area contributed by atoms with E-state index in [0.29, 0.717) is 23.5 Å². The van der Waals surface area contributed by atoms with Crippen molar-refractivity contribution in [3.05, 3.63) is 53.9 Å². The van der Waals surface area contributed by atoms with Gasteiger partial charge < -0.3 is 16.8 Å². The van der Waals surface area contributed by atoms with Crippen LogP contribution in [0.2, 0.25) is 0 Å². The number of anilines is 1. The van der Waals surface area contributed by atoms with Gasteiger partial charge in [0.15, 0.2) is 0 Å². The van der Waals surface area contributed by atoms with Gasteiger partial charge in [-0.2, -0.15) is 10.2 Å². The molecule has 2 fully saturated rings. The summed E-state index contributed by atoms with van der Waals surface area (Å²) < 4.78 is 3.61. The summed E-state index contributed by atoms with van der Waals surface area (Å²) in [6.07, 6.45) is 5.64. The number of nitrogens with two attached hydrogens (primary N) is 2. The van der Waals surface area contributed by atoms with E-state index in [9.17, 15) is 4.79 Å². The Morgan fingerprint density at radius 3 is 2.64 bits per heavy atom. The lowest BCUT2D eigenvalue weighted by molar-refractivity contribution is 0.00345. The smallest absolute Gasteiger partial charge is 0.254 e. The van der Waals surface area contributed by atoms with Gasteiger partial charge in [-0.25, -0.2) is 4.68 Å². The number of nitrogen functional groups attached to an aromatic ring is 1. The number of benzene rings is 1. The van der Waals surface area contributed by atoms with Crippen LogP contribution in [0, 0.1) is 5.41 Å². The fourth-order valence-electron chi connectivity index (χ4n) is 4.39. The molecule has 144 valence electrons. The summed E-state index contributed by atoms with van der Waals surface area (Å²) >= 11 is 0. The van der Waals surface area contributed by atoms with Gasteiger partial charge in [0.25, 0.3) is 5.91 Å². The van der Waals surface area contributed by atoms with E-state index in [0.717, 1.165) is 37.1 Å². The maximum Gasteiger partial charge on any atom is 0.254 e. The zero-order valence-corrected chi connectivity index (χ0v) is 15.5. The van der Waals surface area contributed by atoms with Gasteiger partial charge in [-0.1, -0.05) is 30.3 Å². The number of nitrogens with one attached hydrogen (secondary N) is 1. The van der Waals surface area contributed by atoms with Crippen LogP contribution >= 0.6 is 0 Å². The van der Waals surface area contributed by atoms with Crippen LogP contribution in [-0.4, -0.2) is 38.6 Å². The molecule has 2 aromatic heterocycles. The Labute approximate surface area is 162 Å². The van der Waals surface area contributed by atoms with Crippen molar-refractivity contribution in [2.24, 2.45) is 11.1 Å². The highest BCUT2D eigenvalue weighted by atomic mass is 16.1. The van der Waals surface area contributed by atoms with Gasteiger partial charge in [0, 0.05) is 24.8 Å². The second-order valence-corrected chi connectivity index (χ2v) is 8.00. The number of aromatic nitrogens is 4. The van der Waals surface area contributed by atoms with E-state index in [1.807, 2.05) is 41.2 Å². The van der Waals surface area contributed by atoms with E-state index in [-0.39, 0.29) is 11.6 Å². The van der Waals surface area contributed by atoms with E-state index < -0.39 is 5.91 Å². The van der Waals surface area contributed by atoms with Crippen molar-refractivity contribution in [2.75, 3.05) is 18.8 Å². The average Bonchev–Trinajstić information content (AvgIpc) is 3.18. The van der Waals surface area contributed by atoms with Crippen molar-refractivity contribution in [2.45, 2.75) is 25.4 Å². The Hall–Kier alpha value is -3.13. The summed E-state index contributed by atoms with van der Waals surface area (Å²) in [7, 11) is 0. The molecule has 5 rings (SSSR count). The highest BCUT2D eigenvalue weighted by Gasteiger charge is 2.50. The van der Waals surface area contributed by atoms with Crippen molar-refractivity contribution in [3.63, 3.8) is 0 Å². The molecule has 1 aromatic carbocycles. The van der Waals surface area contributed by atoms with Gasteiger partial charge in [-0.15, -0.1) is 0 Å². The molecule has 8 nitrogen and oxygen atoms in total. The van der Waals surface area contributed by atoms with Crippen LogP contribution in [0.15, 0.2) is 42.7 Å². The molecule has 2 aliphatic rings. The van der Waals surface area contributed by atoms with Gasteiger partial charge in [0.2, 0.25) is 0 Å². The van der Waals surface area contributed by atoms with Crippen LogP contribution in [0.1, 0.15) is 34.8 Å². The summed E-state index contributed by atoms with van der Waals surface area (Å²) in [6, 6.07) is 10.3. The Morgan fingerprint density at radius 1 is 1.25 bits per heavy atom. The minimum atomic E-state index is -0.561. The average molecular weight is 377 g/mol. The van der Waals surface area contributed by atoms with Crippen molar-refractivity contribution in [1.82, 2.24) is 24.9 Å². The first-order valence-corrected chi connectivity index (χ1v) is 9.50. The van der Waals surface area contributed by atoms with Crippen LogP contribution in [0.3, 0.4) is 0 Å². The predicted octanol–water partition coefficient (Wildman–Crippen LogP) is 1.40. The first-order valence-electron chi connectivity index (χ1n) is 9.50. The molecule has 5 N–H and O–H groups in total. The summed E-state index contributed by atoms with van der Waals surface area (Å²) in [5.41, 5.74) is 15.0. The maximum atomic E-state index is 12.1. The lowest BCUT2D eigenvalue weighted by Crippen LogP contribution is -2.60. The normalized spacial score (nSPS) is 18.0. The number of hydrogen-bond acceptors (Lipinski definition) is 5. The molecule has 1 saturated heterocycles. The Bertz CT molecular complexity index is 1020. The first-order chi connectivity index (χ1) is 13.5. The minimum Gasteiger partial charge on any atom is -0.383 e. The second kappa shape index (κ2) is 6.20. The molecular weight excluding hydrogens is 354 g/mol. The van der Waals surface area contributed by atoms with Crippen molar-refractivity contribution >= 4 is 11.7 Å². The standard InChI is InChI=1S/C20H23N7O/c21-18-16(19(22)28)17(25-27(18)15-6-20(7-15)11-23-12-20)14-8-24-26(10-14)9-13-4-2-1-3-5-13/h1-5,8,10,15,23H,6-7,9,11-12,21H2,(H2,22,28). The summed E-state index contributed by atoms with van der Waals surface area (Å²) in [5, 5.41) is 12.4. The van der Waals surface area contributed by atoms with Crippen molar-refractivity contribution in [1.29, 1.82) is 0 Å². The highest BCUT2D eigenvalue weighted by molar-refractivity contribution is 6.03. The number of rotatable bonds is 5. The number of hydrogen-bond donors (Lipinski definition) is 3. The largest absolute Gasteiger partial charge is 0.383 e. The molecule has 3 aromatic rings. The predicted molar refractivity (Wildman–Crippen MR) is 105 cm³/mol. The second-order valence-electron chi connectivity index (χ2n) is 8.00. The van der Waals surface area contributed by atoms with Crippen LogP contribution in [0.4, 0.5) is 5.82 Å². The molecule has 1 amide bonds. The Kier molecular flexibility index (Phi) is 3.77. The lowest BCUT2D eigenvalue weighted by Gasteiger charge is -2.54. The van der Waals surface area contributed by atoms with Gasteiger partial charge >= 0.3 is 0 Å². The Morgan fingerprint density at radius 2 is 2.00 bits per heavy atom. The number of primary amides is 1. The molecule has 0 bridgehead atoms. The van der Waals surface area contributed by atoms with E-state index in [2.05, 4.69) is 15.5 Å². The van der Waals surface area contributed by atoms with Gasteiger partial charge in [-0.3, -0.25) is 9.48 Å². The van der Waals surface area contributed by atoms with Crippen LogP contribution in [-0.2, 0) is 6.54 Å². The fraction of sp³-hybridized carbons (Fsp3) is 0.350. The number of carbonyl (C=O) groups excluding carboxylic acids is 1. The summed E-state index contributed by atoms with van der Waals surface area (Å²) in [4.78, 5) is 12.1. The molecule has 1 aliphatic heterocycles. The fourth-order valence-corrected chi connectivity index (χ4v) is 4.39. The molecular formula is C20H23N7O. The summed E-state index contributed by atoms with van der Waals surface area (Å²) in [5.74, 6) is -0.209. The molecule has 1 spiro atoms. The van der Waals surface area contributed by atoms with Gasteiger partial charge in [0.1, 0.15) is 17.1 Å². The van der Waals surface area contributed by atoms with Crippen molar-refractivity contribution in [3.8, 4) is 11.3 Å². The van der Waals surface area contributed by atoms with Crippen molar-refractivity contribution < 1.29 is 4.79 Å². The quantitative estimate of drug-likeness (QED) is 0.621. The molecule has 0 atom stereocenters. The number of amides is 1. The molecule has 0 radical (unpaired) electrons. The molecule has 8 heteroatoms. The van der Waals surface area contributed by atoms with E-state index in [4.69, 9.17) is 11.5 Å². The molecule has 1 saturated carbocycles. The lowest BCUT2D eigenvalue weighted by atomic mass is 9.62. The SMILES string of the molecule is NC(=O)c1c(-c2cnn(Cc3ccccc3)c2)nn(C2CC3(CNC3)C2)c1N. The number of carbonyl (C=O) groups is 1. The van der Waals surface area contributed by atoms with E-state index in [1.54, 1.807) is 10.9 Å². The third-order valence-electron chi connectivity index (χ3n) is 5.97. The first kappa shape index (κ1) is 17.0. The maximum absolute atomic E-state index is 12.1. The molecule has 28 heavy (non-hydrogen) atoms. The third-order valence-corrected chi connectivity index (χ3v) is 5.97. The molecule has 3 heterocycles. The number of nitrogens with zero attached hydrogens (tertiary/aromatic N) is 4. The molecule has 0 unspecified atom stereocenters. The van der Waals surface area contributed by atoms with Crippen LogP contribution in [0.25, 0.3) is 11.3 Å². The van der Waals surface area contributed by atoms with Crippen LogP contribution in [0.5, 0.6) is 0 Å².